The fourth-order valence-electron chi connectivity index (χ4n) is 2.83. The van der Waals surface area contributed by atoms with Crippen molar-refractivity contribution in [1.82, 2.24) is 15.2 Å². The molecule has 0 unspecified atom stereocenters. The van der Waals surface area contributed by atoms with Crippen LogP contribution in [-0.4, -0.2) is 21.7 Å². The number of allylic oxidation sites excluding steroid dienone is 1. The fourth-order valence-corrected chi connectivity index (χ4v) is 2.83. The highest BCUT2D eigenvalue weighted by Crippen LogP contribution is 2.31. The lowest BCUT2D eigenvalue weighted by Gasteiger charge is -2.13. The van der Waals surface area contributed by atoms with Gasteiger partial charge in [0.25, 0.3) is 0 Å². The molecule has 1 aromatic heterocycles. The number of nitrogens with zero attached hydrogens (tertiary/aromatic N) is 3. The highest BCUT2D eigenvalue weighted by atomic mass is 19.4. The first-order chi connectivity index (χ1) is 12.5. The Morgan fingerprint density at radius 1 is 1.15 bits per heavy atom. The molecule has 0 saturated carbocycles. The van der Waals surface area contributed by atoms with Crippen LogP contribution in [0.5, 0.6) is 0 Å². The second kappa shape index (κ2) is 8.16. The summed E-state index contributed by atoms with van der Waals surface area (Å²) in [5.41, 5.74) is 1.01. The Kier molecular flexibility index (Phi) is 5.70. The summed E-state index contributed by atoms with van der Waals surface area (Å²) in [6.45, 7) is 0.695. The molecule has 0 bridgehead atoms. The van der Waals surface area contributed by atoms with E-state index in [1.165, 1.54) is 30.7 Å². The largest absolute Gasteiger partial charge is 0.416 e. The zero-order valence-electron chi connectivity index (χ0n) is 14.2. The molecule has 3 rings (SSSR count). The van der Waals surface area contributed by atoms with Gasteiger partial charge in [-0.1, -0.05) is 17.7 Å². The molecule has 26 heavy (non-hydrogen) atoms. The first-order valence-corrected chi connectivity index (χ1v) is 8.56. The van der Waals surface area contributed by atoms with Crippen molar-refractivity contribution in [3.63, 3.8) is 0 Å². The van der Waals surface area contributed by atoms with E-state index in [-0.39, 0.29) is 0 Å². The van der Waals surface area contributed by atoms with E-state index in [1.807, 2.05) is 0 Å². The maximum absolute atomic E-state index is 12.8. The van der Waals surface area contributed by atoms with Gasteiger partial charge in [0, 0.05) is 12.2 Å². The van der Waals surface area contributed by atoms with E-state index in [0.717, 1.165) is 31.4 Å². The molecule has 0 radical (unpaired) electrons. The van der Waals surface area contributed by atoms with Crippen molar-refractivity contribution >= 4 is 17.5 Å². The zero-order valence-corrected chi connectivity index (χ0v) is 14.2. The van der Waals surface area contributed by atoms with Gasteiger partial charge in [-0.05, 0) is 50.3 Å². The van der Waals surface area contributed by atoms with E-state index in [0.29, 0.717) is 24.0 Å². The van der Waals surface area contributed by atoms with Gasteiger partial charge in [-0.3, -0.25) is 0 Å². The maximum Gasteiger partial charge on any atom is 0.416 e. The Balaban J connectivity index is 1.59. The van der Waals surface area contributed by atoms with Crippen LogP contribution < -0.4 is 10.6 Å². The molecule has 0 atom stereocenters. The summed E-state index contributed by atoms with van der Waals surface area (Å²) in [7, 11) is 0. The Morgan fingerprint density at radius 2 is 2.04 bits per heavy atom. The number of aromatic nitrogens is 3. The normalized spacial score (nSPS) is 14.7. The third-order valence-corrected chi connectivity index (χ3v) is 4.14. The molecule has 2 aromatic rings. The highest BCUT2D eigenvalue weighted by Gasteiger charge is 2.30. The molecule has 1 aromatic carbocycles. The lowest BCUT2D eigenvalue weighted by atomic mass is 9.97. The number of rotatable bonds is 6. The summed E-state index contributed by atoms with van der Waals surface area (Å²) in [5, 5.41) is 13.7. The summed E-state index contributed by atoms with van der Waals surface area (Å²) in [6, 6.07) is 4.94. The molecular weight excluding hydrogens is 343 g/mol. The van der Waals surface area contributed by atoms with E-state index < -0.39 is 11.7 Å². The van der Waals surface area contributed by atoms with E-state index in [2.05, 4.69) is 31.9 Å². The zero-order chi connectivity index (χ0) is 18.4. The minimum atomic E-state index is -4.39. The minimum Gasteiger partial charge on any atom is -0.353 e. The van der Waals surface area contributed by atoms with E-state index in [9.17, 15) is 13.2 Å². The van der Waals surface area contributed by atoms with Gasteiger partial charge in [0.05, 0.1) is 11.8 Å². The molecule has 1 aliphatic rings. The summed E-state index contributed by atoms with van der Waals surface area (Å²) in [4.78, 5) is 4.25. The SMILES string of the molecule is FC(F)(F)c1cccc(Nc2cnnc(NCCC3=CCCCC3)n2)c1. The molecule has 1 aliphatic carbocycles. The third-order valence-electron chi connectivity index (χ3n) is 4.14. The first kappa shape index (κ1) is 18.2. The lowest BCUT2D eigenvalue weighted by molar-refractivity contribution is -0.137. The molecule has 8 heteroatoms. The number of hydrogen-bond acceptors (Lipinski definition) is 5. The van der Waals surface area contributed by atoms with Crippen molar-refractivity contribution in [2.24, 2.45) is 0 Å². The van der Waals surface area contributed by atoms with Crippen molar-refractivity contribution in [2.75, 3.05) is 17.2 Å². The van der Waals surface area contributed by atoms with E-state index in [4.69, 9.17) is 0 Å². The Labute approximate surface area is 149 Å². The van der Waals surface area contributed by atoms with Gasteiger partial charge in [0.1, 0.15) is 0 Å². The summed E-state index contributed by atoms with van der Waals surface area (Å²) in [6.07, 6.45) is 4.97. The van der Waals surface area contributed by atoms with Crippen molar-refractivity contribution in [1.29, 1.82) is 0 Å². The molecule has 0 fully saturated rings. The van der Waals surface area contributed by atoms with Crippen molar-refractivity contribution in [2.45, 2.75) is 38.3 Å². The molecule has 0 aliphatic heterocycles. The van der Waals surface area contributed by atoms with Gasteiger partial charge in [-0.15, -0.1) is 5.10 Å². The van der Waals surface area contributed by atoms with Gasteiger partial charge < -0.3 is 10.6 Å². The molecule has 138 valence electrons. The van der Waals surface area contributed by atoms with Crippen LogP contribution in [0.1, 0.15) is 37.7 Å². The average molecular weight is 363 g/mol. The van der Waals surface area contributed by atoms with Gasteiger partial charge in [-0.2, -0.15) is 23.3 Å². The Hall–Kier alpha value is -2.64. The standard InChI is InChI=1S/C18H20F3N5/c19-18(20,21)14-7-4-8-15(11-14)24-16-12-23-26-17(25-16)22-10-9-13-5-2-1-3-6-13/h4-5,7-8,11-12H,1-3,6,9-10H2,(H2,22,24,25,26). The second-order valence-electron chi connectivity index (χ2n) is 6.15. The quantitative estimate of drug-likeness (QED) is 0.712. The van der Waals surface area contributed by atoms with E-state index in [1.54, 1.807) is 6.07 Å². The van der Waals surface area contributed by atoms with Crippen LogP contribution in [0.3, 0.4) is 0 Å². The molecular formula is C18H20F3N5. The third kappa shape index (κ3) is 5.18. The van der Waals surface area contributed by atoms with Gasteiger partial charge in [0.15, 0.2) is 5.82 Å². The van der Waals surface area contributed by atoms with Crippen LogP contribution >= 0.6 is 0 Å². The van der Waals surface area contributed by atoms with Gasteiger partial charge in [-0.25, -0.2) is 0 Å². The van der Waals surface area contributed by atoms with Crippen LogP contribution in [0.15, 0.2) is 42.1 Å². The maximum atomic E-state index is 12.8. The van der Waals surface area contributed by atoms with Gasteiger partial charge in [0.2, 0.25) is 5.95 Å². The van der Waals surface area contributed by atoms with Crippen molar-refractivity contribution < 1.29 is 13.2 Å². The Morgan fingerprint density at radius 3 is 2.81 bits per heavy atom. The number of hydrogen-bond donors (Lipinski definition) is 2. The van der Waals surface area contributed by atoms with Crippen molar-refractivity contribution in [3.8, 4) is 0 Å². The number of anilines is 3. The Bertz CT molecular complexity index is 773. The number of alkyl halides is 3. The van der Waals surface area contributed by atoms with Crippen LogP contribution in [0, 0.1) is 0 Å². The predicted octanol–water partition coefficient (Wildman–Crippen LogP) is 4.94. The minimum absolute atomic E-state index is 0.290. The summed E-state index contributed by atoms with van der Waals surface area (Å²) in [5.74, 6) is 0.678. The van der Waals surface area contributed by atoms with Gasteiger partial charge >= 0.3 is 6.18 Å². The predicted molar refractivity (Wildman–Crippen MR) is 94.2 cm³/mol. The molecule has 1 heterocycles. The molecule has 2 N–H and O–H groups in total. The topological polar surface area (TPSA) is 62.7 Å². The van der Waals surface area contributed by atoms with Crippen LogP contribution in [0.25, 0.3) is 0 Å². The fraction of sp³-hybridized carbons (Fsp3) is 0.389. The monoisotopic (exact) mass is 363 g/mol. The van der Waals surface area contributed by atoms with Crippen LogP contribution in [-0.2, 0) is 6.18 Å². The number of benzene rings is 1. The van der Waals surface area contributed by atoms with Crippen molar-refractivity contribution in [3.05, 3.63) is 47.7 Å². The number of nitrogens with one attached hydrogen (secondary N) is 2. The molecule has 0 amide bonds. The lowest BCUT2D eigenvalue weighted by Crippen LogP contribution is -2.09. The summed E-state index contributed by atoms with van der Waals surface area (Å²) >= 11 is 0. The second-order valence-corrected chi connectivity index (χ2v) is 6.15. The first-order valence-electron chi connectivity index (χ1n) is 8.56. The highest BCUT2D eigenvalue weighted by molar-refractivity contribution is 5.57. The summed E-state index contributed by atoms with van der Waals surface area (Å²) < 4.78 is 38.3. The van der Waals surface area contributed by atoms with E-state index >= 15 is 0 Å². The average Bonchev–Trinajstić information content (AvgIpc) is 2.63. The molecule has 0 saturated heterocycles. The number of halogens is 3. The smallest absolute Gasteiger partial charge is 0.353 e. The van der Waals surface area contributed by atoms with Crippen LogP contribution in [0.4, 0.5) is 30.6 Å². The van der Waals surface area contributed by atoms with Crippen LogP contribution in [0.2, 0.25) is 0 Å². The molecule has 0 spiro atoms. The molecule has 5 nitrogen and oxygen atoms in total.